The van der Waals surface area contributed by atoms with Gasteiger partial charge in [0.05, 0.1) is 0 Å². The van der Waals surface area contributed by atoms with Crippen LogP contribution in [0.4, 0.5) is 5.69 Å². The molecule has 1 amide bonds. The zero-order valence-corrected chi connectivity index (χ0v) is 14.0. The molecule has 0 saturated carbocycles. The van der Waals surface area contributed by atoms with Crippen LogP contribution in [-0.4, -0.2) is 22.2 Å². The highest BCUT2D eigenvalue weighted by Gasteiger charge is 2.28. The molecule has 0 saturated heterocycles. The summed E-state index contributed by atoms with van der Waals surface area (Å²) in [4.78, 5) is 25.9. The van der Waals surface area contributed by atoms with Crippen LogP contribution in [0.15, 0.2) is 35.1 Å². The molecule has 120 valence electrons. The smallest absolute Gasteiger partial charge is 0.278 e. The summed E-state index contributed by atoms with van der Waals surface area (Å²) in [7, 11) is 1.55. The molecule has 2 aromatic rings. The zero-order chi connectivity index (χ0) is 16.8. The van der Waals surface area contributed by atoms with Gasteiger partial charge in [0.25, 0.3) is 11.5 Å². The average Bonchev–Trinajstić information content (AvgIpc) is 2.91. The maximum absolute atomic E-state index is 12.7. The Morgan fingerprint density at radius 3 is 2.57 bits per heavy atom. The minimum absolute atomic E-state index is 0.0890. The number of hydrogen-bond donors (Lipinski definition) is 0. The fraction of sp³-hybridized carbons (Fsp3) is 0.389. The molecule has 1 aromatic heterocycles. The first-order valence-electron chi connectivity index (χ1n) is 7.77. The number of carbonyl (C=O) groups excluding carboxylic acids is 1. The summed E-state index contributed by atoms with van der Waals surface area (Å²) in [6.45, 7) is 7.19. The Morgan fingerprint density at radius 1 is 1.17 bits per heavy atom. The Balaban J connectivity index is 1.94. The first-order valence-corrected chi connectivity index (χ1v) is 7.77. The van der Waals surface area contributed by atoms with Crippen molar-refractivity contribution in [2.45, 2.75) is 32.6 Å². The number of aromatic nitrogens is 2. The summed E-state index contributed by atoms with van der Waals surface area (Å²) in [5.41, 5.74) is 3.56. The van der Waals surface area contributed by atoms with E-state index in [9.17, 15) is 9.59 Å². The van der Waals surface area contributed by atoms with Gasteiger partial charge >= 0.3 is 0 Å². The highest BCUT2D eigenvalue weighted by molar-refractivity contribution is 6.05. The van der Waals surface area contributed by atoms with E-state index in [1.165, 1.54) is 27.9 Å². The standard InChI is InChI=1S/C18H21N3O2/c1-18(2,3)13-5-7-15-12(11-13)9-10-21(15)17(23)14-6-8-16(22)20(4)19-14/h5-8,11H,9-10H2,1-4H3. The lowest BCUT2D eigenvalue weighted by atomic mass is 9.86. The Bertz CT molecular complexity index is 831. The number of rotatable bonds is 1. The fourth-order valence-electron chi connectivity index (χ4n) is 2.83. The second-order valence-electron chi connectivity index (χ2n) is 6.98. The van der Waals surface area contributed by atoms with Gasteiger partial charge in [0.1, 0.15) is 5.69 Å². The number of carbonyl (C=O) groups is 1. The van der Waals surface area contributed by atoms with Crippen LogP contribution in [-0.2, 0) is 18.9 Å². The van der Waals surface area contributed by atoms with Gasteiger partial charge in [-0.2, -0.15) is 5.10 Å². The van der Waals surface area contributed by atoms with E-state index in [1.807, 2.05) is 6.07 Å². The molecule has 1 aromatic carbocycles. The summed E-state index contributed by atoms with van der Waals surface area (Å²) < 4.78 is 1.19. The van der Waals surface area contributed by atoms with Crippen molar-refractivity contribution in [2.75, 3.05) is 11.4 Å². The molecule has 5 nitrogen and oxygen atoms in total. The number of fused-ring (bicyclic) bond motifs is 1. The van der Waals surface area contributed by atoms with E-state index in [1.54, 1.807) is 11.9 Å². The Morgan fingerprint density at radius 2 is 1.91 bits per heavy atom. The van der Waals surface area contributed by atoms with Gasteiger partial charge in [-0.15, -0.1) is 0 Å². The van der Waals surface area contributed by atoms with E-state index < -0.39 is 0 Å². The lowest BCUT2D eigenvalue weighted by Gasteiger charge is -2.21. The van der Waals surface area contributed by atoms with Gasteiger partial charge < -0.3 is 4.90 Å². The van der Waals surface area contributed by atoms with Crippen LogP contribution in [0.25, 0.3) is 0 Å². The zero-order valence-electron chi connectivity index (χ0n) is 14.0. The third-order valence-corrected chi connectivity index (χ3v) is 4.27. The number of aryl methyl sites for hydroxylation is 1. The summed E-state index contributed by atoms with van der Waals surface area (Å²) in [6, 6.07) is 9.16. The highest BCUT2D eigenvalue weighted by Crippen LogP contribution is 2.33. The molecule has 5 heteroatoms. The quantitative estimate of drug-likeness (QED) is 0.812. The maximum atomic E-state index is 12.7. The van der Waals surface area contributed by atoms with Crippen LogP contribution in [0.3, 0.4) is 0 Å². The van der Waals surface area contributed by atoms with Crippen LogP contribution in [0.2, 0.25) is 0 Å². The van der Waals surface area contributed by atoms with Crippen molar-refractivity contribution < 1.29 is 4.79 Å². The van der Waals surface area contributed by atoms with E-state index in [2.05, 4.69) is 38.0 Å². The van der Waals surface area contributed by atoms with Crippen LogP contribution in [0.1, 0.15) is 42.4 Å². The minimum atomic E-state index is -0.224. The van der Waals surface area contributed by atoms with E-state index in [4.69, 9.17) is 0 Å². The van der Waals surface area contributed by atoms with E-state index in [0.717, 1.165) is 12.1 Å². The molecule has 0 bridgehead atoms. The lowest BCUT2D eigenvalue weighted by Crippen LogP contribution is -2.32. The molecule has 2 heterocycles. The fourth-order valence-corrected chi connectivity index (χ4v) is 2.83. The Labute approximate surface area is 135 Å². The van der Waals surface area contributed by atoms with Crippen LogP contribution in [0.5, 0.6) is 0 Å². The molecule has 3 rings (SSSR count). The third-order valence-electron chi connectivity index (χ3n) is 4.27. The average molecular weight is 311 g/mol. The number of amides is 1. The summed E-state index contributed by atoms with van der Waals surface area (Å²) in [5, 5.41) is 4.06. The number of nitrogens with zero attached hydrogens (tertiary/aromatic N) is 3. The van der Waals surface area contributed by atoms with Gasteiger partial charge in [-0.25, -0.2) is 4.68 Å². The third kappa shape index (κ3) is 2.79. The SMILES string of the molecule is Cn1nc(C(=O)N2CCc3cc(C(C)(C)C)ccc32)ccc1=O. The minimum Gasteiger partial charge on any atom is -0.306 e. The molecule has 1 aliphatic rings. The monoisotopic (exact) mass is 311 g/mol. The molecule has 23 heavy (non-hydrogen) atoms. The van der Waals surface area contributed by atoms with E-state index in [-0.39, 0.29) is 16.9 Å². The molecular weight excluding hydrogens is 290 g/mol. The van der Waals surface area contributed by atoms with Crippen molar-refractivity contribution in [2.24, 2.45) is 7.05 Å². The molecule has 0 fully saturated rings. The van der Waals surface area contributed by atoms with Gasteiger partial charge in [-0.1, -0.05) is 32.9 Å². The summed E-state index contributed by atoms with van der Waals surface area (Å²) >= 11 is 0. The first kappa shape index (κ1) is 15.5. The van der Waals surface area contributed by atoms with Crippen molar-refractivity contribution >= 4 is 11.6 Å². The normalized spacial score (nSPS) is 14.0. The van der Waals surface area contributed by atoms with E-state index in [0.29, 0.717) is 12.2 Å². The van der Waals surface area contributed by atoms with Crippen LogP contribution < -0.4 is 10.5 Å². The van der Waals surface area contributed by atoms with Gasteiger partial charge in [0.2, 0.25) is 0 Å². The second kappa shape index (κ2) is 5.33. The van der Waals surface area contributed by atoms with Gasteiger partial charge in [-0.3, -0.25) is 9.59 Å². The predicted octanol–water partition coefficient (Wildman–Crippen LogP) is 2.28. The van der Waals surface area contributed by atoms with Crippen molar-refractivity contribution in [1.29, 1.82) is 0 Å². The molecule has 0 radical (unpaired) electrons. The van der Waals surface area contributed by atoms with Gasteiger partial charge in [-0.05, 0) is 35.1 Å². The first-order chi connectivity index (χ1) is 10.8. The summed E-state index contributed by atoms with van der Waals surface area (Å²) in [5.74, 6) is -0.164. The molecule has 0 N–H and O–H groups in total. The van der Waals surface area contributed by atoms with Gasteiger partial charge in [0.15, 0.2) is 0 Å². The molecular formula is C18H21N3O2. The van der Waals surface area contributed by atoms with Crippen LogP contribution >= 0.6 is 0 Å². The molecule has 0 aliphatic carbocycles. The molecule has 0 unspecified atom stereocenters. The summed E-state index contributed by atoms with van der Waals surface area (Å²) in [6.07, 6.45) is 0.844. The van der Waals surface area contributed by atoms with Crippen LogP contribution in [0, 0.1) is 0 Å². The highest BCUT2D eigenvalue weighted by atomic mass is 16.2. The topological polar surface area (TPSA) is 55.2 Å². The molecule has 0 atom stereocenters. The molecule has 1 aliphatic heterocycles. The predicted molar refractivity (Wildman–Crippen MR) is 90.0 cm³/mol. The van der Waals surface area contributed by atoms with Gasteiger partial charge in [0, 0.05) is 25.3 Å². The van der Waals surface area contributed by atoms with Crippen molar-refractivity contribution in [3.8, 4) is 0 Å². The largest absolute Gasteiger partial charge is 0.306 e. The van der Waals surface area contributed by atoms with Crippen molar-refractivity contribution in [1.82, 2.24) is 9.78 Å². The van der Waals surface area contributed by atoms with E-state index >= 15 is 0 Å². The van der Waals surface area contributed by atoms with Crippen molar-refractivity contribution in [3.05, 3.63) is 57.5 Å². The lowest BCUT2D eigenvalue weighted by molar-refractivity contribution is 0.0982. The molecule has 0 spiro atoms. The Hall–Kier alpha value is -2.43. The number of benzene rings is 1. The number of hydrogen-bond acceptors (Lipinski definition) is 3. The maximum Gasteiger partial charge on any atom is 0.278 e. The van der Waals surface area contributed by atoms with Crippen molar-refractivity contribution in [3.63, 3.8) is 0 Å². The number of anilines is 1. The Kier molecular flexibility index (Phi) is 3.59. The second-order valence-corrected chi connectivity index (χ2v) is 6.98.